The highest BCUT2D eigenvalue weighted by atomic mass is 16.3. The number of amides is 1. The minimum atomic E-state index is -1.06. The van der Waals surface area contributed by atoms with Crippen molar-refractivity contribution in [3.8, 4) is 0 Å². The van der Waals surface area contributed by atoms with E-state index < -0.39 is 6.10 Å². The first kappa shape index (κ1) is 14.1. The number of aliphatic hydroxyl groups is 1. The lowest BCUT2D eigenvalue weighted by Crippen LogP contribution is -2.34. The van der Waals surface area contributed by atoms with Crippen molar-refractivity contribution in [2.75, 3.05) is 6.54 Å². The Bertz CT molecular complexity index is 424. The molecule has 2 N–H and O–H groups in total. The number of nitrogens with one attached hydrogen (secondary N) is 1. The summed E-state index contributed by atoms with van der Waals surface area (Å²) >= 11 is 0. The minimum Gasteiger partial charge on any atom is -0.378 e. The highest BCUT2D eigenvalue weighted by molar-refractivity contribution is 5.81. The summed E-state index contributed by atoms with van der Waals surface area (Å²) in [7, 11) is 0. The fourth-order valence-corrected chi connectivity index (χ4v) is 2.65. The van der Waals surface area contributed by atoms with E-state index in [0.717, 1.165) is 6.42 Å². The molecule has 0 aromatic heterocycles. The highest BCUT2D eigenvalue weighted by Gasteiger charge is 2.43. The molecule has 1 saturated carbocycles. The van der Waals surface area contributed by atoms with Gasteiger partial charge >= 0.3 is 0 Å². The van der Waals surface area contributed by atoms with Crippen LogP contribution < -0.4 is 5.32 Å². The molecule has 1 aliphatic carbocycles. The van der Waals surface area contributed by atoms with Gasteiger partial charge in [-0.3, -0.25) is 4.79 Å². The molecule has 1 atom stereocenters. The van der Waals surface area contributed by atoms with Crippen molar-refractivity contribution in [3.63, 3.8) is 0 Å². The van der Waals surface area contributed by atoms with Gasteiger partial charge in [0.15, 0.2) is 6.10 Å². The Morgan fingerprint density at radius 1 is 1.32 bits per heavy atom. The quantitative estimate of drug-likeness (QED) is 0.827. The number of hydrogen-bond acceptors (Lipinski definition) is 2. The summed E-state index contributed by atoms with van der Waals surface area (Å²) in [6.07, 6.45) is 2.46. The van der Waals surface area contributed by atoms with E-state index in [2.05, 4.69) is 19.2 Å². The van der Waals surface area contributed by atoms with Crippen LogP contribution in [-0.4, -0.2) is 17.6 Å². The van der Waals surface area contributed by atoms with Crippen LogP contribution in [0.3, 0.4) is 0 Å². The maximum absolute atomic E-state index is 11.9. The maximum Gasteiger partial charge on any atom is 0.253 e. The summed E-state index contributed by atoms with van der Waals surface area (Å²) in [5.41, 5.74) is 0.939. The van der Waals surface area contributed by atoms with Gasteiger partial charge in [0, 0.05) is 6.54 Å². The zero-order valence-electron chi connectivity index (χ0n) is 11.7. The van der Waals surface area contributed by atoms with E-state index in [-0.39, 0.29) is 5.91 Å². The molecule has 19 heavy (non-hydrogen) atoms. The van der Waals surface area contributed by atoms with E-state index in [9.17, 15) is 9.90 Å². The molecule has 1 aromatic carbocycles. The summed E-state index contributed by atoms with van der Waals surface area (Å²) in [6.45, 7) is 5.11. The molecule has 104 valence electrons. The van der Waals surface area contributed by atoms with Gasteiger partial charge < -0.3 is 10.4 Å². The third-order valence-electron chi connectivity index (χ3n) is 3.80. The predicted octanol–water partition coefficient (Wildman–Crippen LogP) is 2.66. The Morgan fingerprint density at radius 3 is 2.47 bits per heavy atom. The fraction of sp³-hybridized carbons (Fsp3) is 0.562. The first-order valence-electron chi connectivity index (χ1n) is 7.03. The lowest BCUT2D eigenvalue weighted by atomic mass is 9.94. The van der Waals surface area contributed by atoms with Crippen molar-refractivity contribution in [2.45, 2.75) is 39.2 Å². The van der Waals surface area contributed by atoms with E-state index in [0.29, 0.717) is 23.4 Å². The van der Waals surface area contributed by atoms with Crippen molar-refractivity contribution in [2.24, 2.45) is 11.3 Å². The van der Waals surface area contributed by atoms with Gasteiger partial charge in [0.2, 0.25) is 0 Å². The number of hydrogen-bond donors (Lipinski definition) is 2. The number of carbonyl (C=O) groups is 1. The summed E-state index contributed by atoms with van der Waals surface area (Å²) < 4.78 is 0. The number of carbonyl (C=O) groups excluding carboxylic acids is 1. The number of rotatable bonds is 6. The molecular formula is C16H23NO2. The van der Waals surface area contributed by atoms with Crippen LogP contribution in [0.1, 0.15) is 44.8 Å². The number of aliphatic hydroxyl groups excluding tert-OH is 1. The van der Waals surface area contributed by atoms with Crippen molar-refractivity contribution >= 4 is 5.91 Å². The predicted molar refractivity (Wildman–Crippen MR) is 75.5 cm³/mol. The lowest BCUT2D eigenvalue weighted by molar-refractivity contribution is -0.129. The molecule has 0 heterocycles. The molecule has 1 aliphatic rings. The molecule has 0 bridgehead atoms. The number of benzene rings is 1. The van der Waals surface area contributed by atoms with E-state index >= 15 is 0 Å². The van der Waals surface area contributed by atoms with Gasteiger partial charge in [-0.25, -0.2) is 0 Å². The highest BCUT2D eigenvalue weighted by Crippen LogP contribution is 2.50. The van der Waals surface area contributed by atoms with E-state index in [1.54, 1.807) is 12.1 Å². The van der Waals surface area contributed by atoms with Crippen molar-refractivity contribution in [1.29, 1.82) is 0 Å². The molecule has 3 nitrogen and oxygen atoms in total. The van der Waals surface area contributed by atoms with E-state index in [1.165, 1.54) is 12.8 Å². The average Bonchev–Trinajstić information content (AvgIpc) is 3.15. The first-order chi connectivity index (χ1) is 9.02. The molecule has 0 spiro atoms. The van der Waals surface area contributed by atoms with Gasteiger partial charge in [0.25, 0.3) is 5.91 Å². The van der Waals surface area contributed by atoms with Crippen LogP contribution in [-0.2, 0) is 4.79 Å². The second kappa shape index (κ2) is 5.74. The SMILES string of the molecule is CC(C)CC1(CNC(=O)C(O)c2ccccc2)CC1. The molecule has 0 saturated heterocycles. The second-order valence-corrected chi connectivity index (χ2v) is 6.13. The van der Waals surface area contributed by atoms with Crippen LogP contribution in [0.2, 0.25) is 0 Å². The molecular weight excluding hydrogens is 238 g/mol. The first-order valence-corrected chi connectivity index (χ1v) is 7.03. The Morgan fingerprint density at radius 2 is 1.95 bits per heavy atom. The lowest BCUT2D eigenvalue weighted by Gasteiger charge is -2.19. The van der Waals surface area contributed by atoms with Crippen molar-refractivity contribution in [3.05, 3.63) is 35.9 Å². The third-order valence-corrected chi connectivity index (χ3v) is 3.80. The largest absolute Gasteiger partial charge is 0.378 e. The Kier molecular flexibility index (Phi) is 4.25. The summed E-state index contributed by atoms with van der Waals surface area (Å²) in [6, 6.07) is 9.06. The molecule has 1 amide bonds. The summed E-state index contributed by atoms with van der Waals surface area (Å²) in [4.78, 5) is 11.9. The zero-order valence-corrected chi connectivity index (χ0v) is 11.7. The van der Waals surface area contributed by atoms with Crippen LogP contribution in [0.25, 0.3) is 0 Å². The fourth-order valence-electron chi connectivity index (χ4n) is 2.65. The molecule has 1 fully saturated rings. The van der Waals surface area contributed by atoms with Crippen LogP contribution >= 0.6 is 0 Å². The summed E-state index contributed by atoms with van der Waals surface area (Å²) in [5, 5.41) is 12.9. The van der Waals surface area contributed by atoms with Gasteiger partial charge in [-0.05, 0) is 36.2 Å². The standard InChI is InChI=1S/C16H23NO2/c1-12(2)10-16(8-9-16)11-17-15(19)14(18)13-6-4-3-5-7-13/h3-7,12,14,18H,8-11H2,1-2H3,(H,17,19). The van der Waals surface area contributed by atoms with Crippen LogP contribution in [0, 0.1) is 11.3 Å². The molecule has 0 aliphatic heterocycles. The van der Waals surface area contributed by atoms with Crippen molar-refractivity contribution in [1.82, 2.24) is 5.32 Å². The van der Waals surface area contributed by atoms with Gasteiger partial charge in [-0.1, -0.05) is 44.2 Å². The normalized spacial score (nSPS) is 18.1. The molecule has 2 rings (SSSR count). The minimum absolute atomic E-state index is 0.291. The van der Waals surface area contributed by atoms with Gasteiger partial charge in [-0.2, -0.15) is 0 Å². The van der Waals surface area contributed by atoms with E-state index in [4.69, 9.17) is 0 Å². The Hall–Kier alpha value is -1.35. The van der Waals surface area contributed by atoms with E-state index in [1.807, 2.05) is 18.2 Å². The molecule has 1 aromatic rings. The average molecular weight is 261 g/mol. The smallest absolute Gasteiger partial charge is 0.253 e. The molecule has 1 unspecified atom stereocenters. The Labute approximate surface area is 115 Å². The van der Waals surface area contributed by atoms with Crippen LogP contribution in [0.4, 0.5) is 0 Å². The molecule has 3 heteroatoms. The van der Waals surface area contributed by atoms with Gasteiger partial charge in [0.05, 0.1) is 0 Å². The van der Waals surface area contributed by atoms with Gasteiger partial charge in [-0.15, -0.1) is 0 Å². The second-order valence-electron chi connectivity index (χ2n) is 6.13. The Balaban J connectivity index is 1.85. The maximum atomic E-state index is 11.9. The van der Waals surface area contributed by atoms with Crippen LogP contribution in [0.5, 0.6) is 0 Å². The monoisotopic (exact) mass is 261 g/mol. The van der Waals surface area contributed by atoms with Crippen molar-refractivity contribution < 1.29 is 9.90 Å². The van der Waals surface area contributed by atoms with Crippen LogP contribution in [0.15, 0.2) is 30.3 Å². The topological polar surface area (TPSA) is 49.3 Å². The molecule has 0 radical (unpaired) electrons. The van der Waals surface area contributed by atoms with Gasteiger partial charge in [0.1, 0.15) is 0 Å². The summed E-state index contributed by atoms with van der Waals surface area (Å²) in [5.74, 6) is 0.361. The third kappa shape index (κ3) is 3.80. The zero-order chi connectivity index (χ0) is 13.9.